The minimum atomic E-state index is -0.0888. The molecule has 1 aromatic heterocycles. The first kappa shape index (κ1) is 15.5. The van der Waals surface area contributed by atoms with E-state index < -0.39 is 0 Å². The normalized spacial score (nSPS) is 14.8. The van der Waals surface area contributed by atoms with Gasteiger partial charge in [-0.3, -0.25) is 4.79 Å². The molecule has 2 aromatic carbocycles. The van der Waals surface area contributed by atoms with Gasteiger partial charge in [-0.1, -0.05) is 18.2 Å². The number of ether oxygens (including phenoxy) is 2. The van der Waals surface area contributed by atoms with Gasteiger partial charge < -0.3 is 14.0 Å². The van der Waals surface area contributed by atoms with E-state index in [1.807, 2.05) is 62.0 Å². The van der Waals surface area contributed by atoms with Crippen LogP contribution in [0, 0.1) is 6.92 Å². The van der Waals surface area contributed by atoms with Crippen LogP contribution in [-0.2, 0) is 7.05 Å². The summed E-state index contributed by atoms with van der Waals surface area (Å²) in [6.45, 7) is 4.43. The van der Waals surface area contributed by atoms with Crippen LogP contribution < -0.4 is 9.47 Å². The maximum atomic E-state index is 12.7. The van der Waals surface area contributed by atoms with Crippen LogP contribution >= 0.6 is 0 Å². The molecule has 0 unspecified atom stereocenters. The minimum Gasteiger partial charge on any atom is -0.493 e. The predicted octanol–water partition coefficient (Wildman–Crippen LogP) is 4.50. The summed E-state index contributed by atoms with van der Waals surface area (Å²) in [7, 11) is 1.99. The third kappa shape index (κ3) is 2.41. The van der Waals surface area contributed by atoms with Gasteiger partial charge in [0.15, 0.2) is 5.76 Å². The fourth-order valence-corrected chi connectivity index (χ4v) is 3.31. The molecule has 0 saturated carbocycles. The molecule has 0 bridgehead atoms. The Morgan fingerprint density at radius 1 is 1.20 bits per heavy atom. The van der Waals surface area contributed by atoms with Crippen LogP contribution in [0.2, 0.25) is 0 Å². The molecule has 126 valence electrons. The van der Waals surface area contributed by atoms with Gasteiger partial charge in [0.05, 0.1) is 12.2 Å². The molecule has 0 fully saturated rings. The topological polar surface area (TPSA) is 40.5 Å². The van der Waals surface area contributed by atoms with E-state index in [0.29, 0.717) is 23.7 Å². The number of carbonyl (C=O) groups is 1. The van der Waals surface area contributed by atoms with E-state index in [2.05, 4.69) is 6.07 Å². The number of nitrogens with zero attached hydrogens (tertiary/aromatic N) is 1. The molecular formula is C21H19NO3. The maximum absolute atomic E-state index is 12.7. The van der Waals surface area contributed by atoms with Crippen LogP contribution in [0.4, 0.5) is 0 Å². The van der Waals surface area contributed by atoms with Gasteiger partial charge in [-0.25, -0.2) is 0 Å². The van der Waals surface area contributed by atoms with Crippen LogP contribution in [0.3, 0.4) is 0 Å². The van der Waals surface area contributed by atoms with E-state index in [9.17, 15) is 4.79 Å². The molecule has 4 nitrogen and oxygen atoms in total. The highest BCUT2D eigenvalue weighted by Crippen LogP contribution is 2.39. The Labute approximate surface area is 146 Å². The Balaban J connectivity index is 1.78. The Morgan fingerprint density at radius 3 is 2.80 bits per heavy atom. The summed E-state index contributed by atoms with van der Waals surface area (Å²) in [6, 6.07) is 11.7. The number of benzene rings is 2. The summed E-state index contributed by atoms with van der Waals surface area (Å²) in [4.78, 5) is 12.7. The maximum Gasteiger partial charge on any atom is 0.231 e. The van der Waals surface area contributed by atoms with E-state index in [0.717, 1.165) is 27.8 Å². The van der Waals surface area contributed by atoms with Crippen molar-refractivity contribution in [3.8, 4) is 11.5 Å². The Bertz CT molecular complexity index is 1030. The largest absolute Gasteiger partial charge is 0.493 e. The van der Waals surface area contributed by atoms with Gasteiger partial charge in [-0.15, -0.1) is 0 Å². The minimum absolute atomic E-state index is 0.0888. The van der Waals surface area contributed by atoms with Crippen molar-refractivity contribution in [2.45, 2.75) is 13.8 Å². The number of fused-ring (bicyclic) bond motifs is 2. The number of hydrogen-bond donors (Lipinski definition) is 0. The average molecular weight is 333 g/mol. The van der Waals surface area contributed by atoms with Crippen molar-refractivity contribution in [2.24, 2.45) is 7.05 Å². The molecule has 1 aliphatic rings. The summed E-state index contributed by atoms with van der Waals surface area (Å²) in [5.41, 5.74) is 3.53. The first-order chi connectivity index (χ1) is 12.1. The van der Waals surface area contributed by atoms with E-state index in [4.69, 9.17) is 9.47 Å². The van der Waals surface area contributed by atoms with E-state index in [1.165, 1.54) is 0 Å². The molecular weight excluding hydrogens is 314 g/mol. The molecule has 0 amide bonds. The zero-order valence-electron chi connectivity index (χ0n) is 14.5. The van der Waals surface area contributed by atoms with Crippen LogP contribution in [0.5, 0.6) is 11.5 Å². The third-order valence-corrected chi connectivity index (χ3v) is 4.55. The molecule has 25 heavy (non-hydrogen) atoms. The van der Waals surface area contributed by atoms with Crippen LogP contribution in [0.1, 0.15) is 28.4 Å². The molecule has 0 N–H and O–H groups in total. The molecule has 3 aromatic rings. The first-order valence-corrected chi connectivity index (χ1v) is 8.35. The van der Waals surface area contributed by atoms with Gasteiger partial charge in [0, 0.05) is 35.3 Å². The summed E-state index contributed by atoms with van der Waals surface area (Å²) >= 11 is 0. The van der Waals surface area contributed by atoms with Crippen molar-refractivity contribution < 1.29 is 14.3 Å². The molecule has 0 aliphatic carbocycles. The molecule has 0 spiro atoms. The standard InChI is InChI=1S/C21H19NO3/c1-4-24-18-10-9-16-20(23)19(25-21(16)13(18)2)11-14-12-22(3)17-8-6-5-7-15(14)17/h5-12H,4H2,1-3H3/b19-11+. The highest BCUT2D eigenvalue weighted by atomic mass is 16.5. The lowest BCUT2D eigenvalue weighted by molar-refractivity contribution is 0.101. The van der Waals surface area contributed by atoms with Crippen molar-refractivity contribution >= 4 is 22.8 Å². The van der Waals surface area contributed by atoms with E-state index >= 15 is 0 Å². The monoisotopic (exact) mass is 333 g/mol. The number of hydrogen-bond acceptors (Lipinski definition) is 3. The zero-order chi connectivity index (χ0) is 17.6. The molecule has 2 heterocycles. The second kappa shape index (κ2) is 5.81. The van der Waals surface area contributed by atoms with Crippen molar-refractivity contribution in [1.29, 1.82) is 0 Å². The van der Waals surface area contributed by atoms with E-state index in [-0.39, 0.29) is 5.78 Å². The molecule has 4 rings (SSSR count). The lowest BCUT2D eigenvalue weighted by Crippen LogP contribution is -1.97. The number of ketones is 1. The Morgan fingerprint density at radius 2 is 2.00 bits per heavy atom. The van der Waals surface area contributed by atoms with Crippen molar-refractivity contribution in [1.82, 2.24) is 4.57 Å². The molecule has 4 heteroatoms. The second-order valence-electron chi connectivity index (χ2n) is 6.15. The van der Waals surface area contributed by atoms with Gasteiger partial charge in [-0.05, 0) is 38.1 Å². The van der Waals surface area contributed by atoms with Crippen LogP contribution in [0.15, 0.2) is 48.4 Å². The highest BCUT2D eigenvalue weighted by molar-refractivity contribution is 6.15. The fraction of sp³-hybridized carbons (Fsp3) is 0.190. The number of carbonyl (C=O) groups excluding carboxylic acids is 1. The number of allylic oxidation sites excluding steroid dienone is 1. The van der Waals surface area contributed by atoms with E-state index in [1.54, 1.807) is 6.07 Å². The molecule has 1 aliphatic heterocycles. The van der Waals surface area contributed by atoms with Gasteiger partial charge in [0.1, 0.15) is 11.5 Å². The summed E-state index contributed by atoms with van der Waals surface area (Å²) in [6.07, 6.45) is 3.83. The lowest BCUT2D eigenvalue weighted by atomic mass is 10.1. The smallest absolute Gasteiger partial charge is 0.231 e. The molecule has 0 saturated heterocycles. The summed E-state index contributed by atoms with van der Waals surface area (Å²) in [5.74, 6) is 1.61. The zero-order valence-corrected chi connectivity index (χ0v) is 14.5. The van der Waals surface area contributed by atoms with Crippen molar-refractivity contribution in [3.05, 3.63) is 65.0 Å². The van der Waals surface area contributed by atoms with Crippen molar-refractivity contribution in [3.63, 3.8) is 0 Å². The fourth-order valence-electron chi connectivity index (χ4n) is 3.31. The quantitative estimate of drug-likeness (QED) is 0.663. The van der Waals surface area contributed by atoms with Gasteiger partial charge in [-0.2, -0.15) is 0 Å². The lowest BCUT2D eigenvalue weighted by Gasteiger charge is -2.09. The first-order valence-electron chi connectivity index (χ1n) is 8.35. The summed E-state index contributed by atoms with van der Waals surface area (Å²) in [5, 5.41) is 1.09. The number of para-hydroxylation sites is 1. The molecule has 0 atom stereocenters. The Hall–Kier alpha value is -3.01. The van der Waals surface area contributed by atoms with Gasteiger partial charge >= 0.3 is 0 Å². The Kier molecular flexibility index (Phi) is 3.61. The van der Waals surface area contributed by atoms with Gasteiger partial charge in [0.25, 0.3) is 0 Å². The number of aryl methyl sites for hydroxylation is 1. The third-order valence-electron chi connectivity index (χ3n) is 4.55. The van der Waals surface area contributed by atoms with Gasteiger partial charge in [0.2, 0.25) is 5.78 Å². The number of aromatic nitrogens is 1. The average Bonchev–Trinajstić information content (AvgIpc) is 3.10. The van der Waals surface area contributed by atoms with Crippen LogP contribution in [0.25, 0.3) is 17.0 Å². The number of Topliss-reactive ketones (excluding diaryl/α,β-unsaturated/α-hetero) is 1. The molecule has 0 radical (unpaired) electrons. The summed E-state index contributed by atoms with van der Waals surface area (Å²) < 4.78 is 13.6. The second-order valence-corrected chi connectivity index (χ2v) is 6.15. The SMILES string of the molecule is CCOc1ccc2c(c1C)O/C(=C/c1cn(C)c3ccccc13)C2=O. The highest BCUT2D eigenvalue weighted by Gasteiger charge is 2.30. The van der Waals surface area contributed by atoms with Crippen LogP contribution in [-0.4, -0.2) is 17.0 Å². The number of rotatable bonds is 3. The van der Waals surface area contributed by atoms with Crippen molar-refractivity contribution in [2.75, 3.05) is 6.61 Å². The predicted molar refractivity (Wildman–Crippen MR) is 98.2 cm³/mol.